The van der Waals surface area contributed by atoms with Crippen molar-refractivity contribution in [1.29, 1.82) is 0 Å². The van der Waals surface area contributed by atoms with Crippen LogP contribution in [0.3, 0.4) is 0 Å². The molecule has 2 N–H and O–H groups in total. The van der Waals surface area contributed by atoms with Crippen LogP contribution in [-0.4, -0.2) is 45.1 Å². The zero-order valence-electron chi connectivity index (χ0n) is 12.7. The Hall–Kier alpha value is -0.950. The highest BCUT2D eigenvalue weighted by molar-refractivity contribution is 7.89. The predicted molar refractivity (Wildman–Crippen MR) is 82.4 cm³/mol. The van der Waals surface area contributed by atoms with Gasteiger partial charge in [-0.2, -0.15) is 0 Å². The van der Waals surface area contributed by atoms with Gasteiger partial charge in [-0.1, -0.05) is 19.1 Å². The molecular formula is C15H24N2O3S. The molecule has 118 valence electrons. The van der Waals surface area contributed by atoms with Gasteiger partial charge in [0.15, 0.2) is 0 Å². The van der Waals surface area contributed by atoms with Gasteiger partial charge in [-0.25, -0.2) is 13.1 Å². The van der Waals surface area contributed by atoms with Crippen molar-refractivity contribution in [2.24, 2.45) is 5.41 Å². The highest BCUT2D eigenvalue weighted by atomic mass is 32.2. The lowest BCUT2D eigenvalue weighted by atomic mass is 9.81. The molecule has 0 aromatic heterocycles. The molecule has 1 aromatic rings. The van der Waals surface area contributed by atoms with E-state index >= 15 is 0 Å². The molecule has 0 spiro atoms. The van der Waals surface area contributed by atoms with Crippen molar-refractivity contribution >= 4 is 10.0 Å². The summed E-state index contributed by atoms with van der Waals surface area (Å²) in [5.41, 5.74) is 0.608. The maximum atomic E-state index is 12.3. The van der Waals surface area contributed by atoms with Gasteiger partial charge in [0.05, 0.1) is 11.5 Å². The molecular weight excluding hydrogens is 288 g/mol. The van der Waals surface area contributed by atoms with Gasteiger partial charge >= 0.3 is 0 Å². The van der Waals surface area contributed by atoms with Crippen molar-refractivity contribution in [2.75, 3.05) is 26.7 Å². The van der Waals surface area contributed by atoms with E-state index in [0.717, 1.165) is 25.9 Å². The summed E-state index contributed by atoms with van der Waals surface area (Å²) in [5.74, 6) is 0. The van der Waals surface area contributed by atoms with E-state index in [0.29, 0.717) is 12.1 Å². The van der Waals surface area contributed by atoms with Crippen LogP contribution in [0, 0.1) is 5.41 Å². The summed E-state index contributed by atoms with van der Waals surface area (Å²) in [6.45, 7) is 4.42. The quantitative estimate of drug-likeness (QED) is 0.857. The van der Waals surface area contributed by atoms with Gasteiger partial charge in [-0.05, 0) is 56.1 Å². The average molecular weight is 312 g/mol. The molecule has 1 fully saturated rings. The maximum absolute atomic E-state index is 12.3. The van der Waals surface area contributed by atoms with Crippen LogP contribution in [-0.2, 0) is 16.6 Å². The fourth-order valence-corrected chi connectivity index (χ4v) is 3.77. The van der Waals surface area contributed by atoms with Crippen LogP contribution >= 0.6 is 0 Å². The molecule has 1 aliphatic heterocycles. The van der Waals surface area contributed by atoms with Crippen molar-refractivity contribution in [3.63, 3.8) is 0 Å². The summed E-state index contributed by atoms with van der Waals surface area (Å²) in [4.78, 5) is 2.48. The third kappa shape index (κ3) is 4.26. The zero-order chi connectivity index (χ0) is 15.5. The number of aliphatic hydroxyl groups excluding tert-OH is 1. The molecule has 0 amide bonds. The molecule has 0 atom stereocenters. The van der Waals surface area contributed by atoms with E-state index in [9.17, 15) is 8.42 Å². The minimum atomic E-state index is -3.52. The first kappa shape index (κ1) is 16.4. The van der Waals surface area contributed by atoms with Crippen LogP contribution in [0.5, 0.6) is 0 Å². The minimum absolute atomic E-state index is 0.00810. The van der Waals surface area contributed by atoms with Crippen molar-refractivity contribution < 1.29 is 13.5 Å². The fourth-order valence-electron chi connectivity index (χ4n) is 2.50. The molecule has 5 nitrogen and oxygen atoms in total. The number of hydrogen-bond acceptors (Lipinski definition) is 4. The number of benzene rings is 1. The summed E-state index contributed by atoms with van der Waals surface area (Å²) in [6, 6.07) is 6.42. The molecule has 0 saturated carbocycles. The largest absolute Gasteiger partial charge is 0.392 e. The molecule has 0 bridgehead atoms. The second kappa shape index (κ2) is 6.44. The molecule has 1 aliphatic rings. The number of hydrogen-bond donors (Lipinski definition) is 2. The molecule has 1 aromatic carbocycles. The molecule has 2 rings (SSSR count). The number of aliphatic hydroxyl groups is 1. The molecule has 0 radical (unpaired) electrons. The Labute approximate surface area is 127 Å². The summed E-state index contributed by atoms with van der Waals surface area (Å²) < 4.78 is 27.4. The van der Waals surface area contributed by atoms with E-state index in [2.05, 4.69) is 23.6 Å². The third-order valence-corrected chi connectivity index (χ3v) is 5.67. The van der Waals surface area contributed by atoms with Gasteiger partial charge < -0.3 is 10.0 Å². The molecule has 0 unspecified atom stereocenters. The lowest BCUT2D eigenvalue weighted by molar-refractivity contribution is 0.143. The summed E-state index contributed by atoms with van der Waals surface area (Å²) in [5, 5.41) is 9.11. The Bertz CT molecular complexity index is 578. The number of likely N-dealkylation sites (tertiary alicyclic amines) is 1. The first-order chi connectivity index (χ1) is 9.85. The van der Waals surface area contributed by atoms with Gasteiger partial charge in [0.2, 0.25) is 10.0 Å². The van der Waals surface area contributed by atoms with Gasteiger partial charge in [-0.15, -0.1) is 0 Å². The highest BCUT2D eigenvalue weighted by Crippen LogP contribution is 2.30. The second-order valence-electron chi connectivity index (χ2n) is 6.24. The van der Waals surface area contributed by atoms with Gasteiger partial charge in [0.25, 0.3) is 0 Å². The van der Waals surface area contributed by atoms with Crippen LogP contribution in [0.1, 0.15) is 25.3 Å². The van der Waals surface area contributed by atoms with Crippen LogP contribution in [0.4, 0.5) is 0 Å². The fraction of sp³-hybridized carbons (Fsp3) is 0.600. The normalized spacial score (nSPS) is 19.6. The number of sulfonamides is 1. The summed E-state index contributed by atoms with van der Waals surface area (Å²) in [6.07, 6.45) is 1.98. The van der Waals surface area contributed by atoms with Gasteiger partial charge in [-0.3, -0.25) is 0 Å². The smallest absolute Gasteiger partial charge is 0.240 e. The van der Waals surface area contributed by atoms with Crippen LogP contribution in [0.15, 0.2) is 29.2 Å². The van der Waals surface area contributed by atoms with E-state index in [1.54, 1.807) is 18.2 Å². The topological polar surface area (TPSA) is 69.6 Å². The second-order valence-corrected chi connectivity index (χ2v) is 8.01. The van der Waals surface area contributed by atoms with E-state index in [4.69, 9.17) is 5.11 Å². The molecule has 6 heteroatoms. The first-order valence-corrected chi connectivity index (χ1v) is 8.71. The molecule has 1 heterocycles. The average Bonchev–Trinajstić information content (AvgIpc) is 2.49. The number of piperidine rings is 1. The number of nitrogens with zero attached hydrogens (tertiary/aromatic N) is 1. The Kier molecular flexibility index (Phi) is 5.03. The predicted octanol–water partition coefficient (Wildman–Crippen LogP) is 1.19. The monoisotopic (exact) mass is 312 g/mol. The first-order valence-electron chi connectivity index (χ1n) is 7.23. The summed E-state index contributed by atoms with van der Waals surface area (Å²) in [7, 11) is -1.43. The highest BCUT2D eigenvalue weighted by Gasteiger charge is 2.30. The van der Waals surface area contributed by atoms with E-state index in [-0.39, 0.29) is 16.9 Å². The Morgan fingerprint density at radius 3 is 2.62 bits per heavy atom. The number of rotatable bonds is 5. The van der Waals surface area contributed by atoms with Crippen LogP contribution in [0.2, 0.25) is 0 Å². The zero-order valence-corrected chi connectivity index (χ0v) is 13.5. The van der Waals surface area contributed by atoms with Crippen molar-refractivity contribution in [2.45, 2.75) is 31.3 Å². The van der Waals surface area contributed by atoms with Crippen molar-refractivity contribution in [3.8, 4) is 0 Å². The van der Waals surface area contributed by atoms with E-state index in [1.165, 1.54) is 6.07 Å². The minimum Gasteiger partial charge on any atom is -0.392 e. The van der Waals surface area contributed by atoms with Crippen LogP contribution in [0.25, 0.3) is 0 Å². The van der Waals surface area contributed by atoms with E-state index in [1.807, 2.05) is 0 Å². The Morgan fingerprint density at radius 2 is 2.00 bits per heavy atom. The van der Waals surface area contributed by atoms with Gasteiger partial charge in [0, 0.05) is 6.54 Å². The van der Waals surface area contributed by atoms with Crippen molar-refractivity contribution in [1.82, 2.24) is 9.62 Å². The standard InChI is InChI=1S/C15H24N2O3S/c1-15(6-8-17(2)9-7-15)12-16-21(19,20)14-5-3-4-13(10-14)11-18/h3-5,10,16,18H,6-9,11-12H2,1-2H3. The Morgan fingerprint density at radius 1 is 1.33 bits per heavy atom. The third-order valence-electron chi connectivity index (χ3n) is 4.27. The molecule has 0 aliphatic carbocycles. The maximum Gasteiger partial charge on any atom is 0.240 e. The van der Waals surface area contributed by atoms with Crippen LogP contribution < -0.4 is 4.72 Å². The van der Waals surface area contributed by atoms with E-state index < -0.39 is 10.0 Å². The lowest BCUT2D eigenvalue weighted by Crippen LogP contribution is -2.43. The molecule has 1 saturated heterocycles. The summed E-state index contributed by atoms with van der Waals surface area (Å²) >= 11 is 0. The SMILES string of the molecule is CN1CCC(C)(CNS(=O)(=O)c2cccc(CO)c2)CC1. The van der Waals surface area contributed by atoms with Gasteiger partial charge in [0.1, 0.15) is 0 Å². The Balaban J connectivity index is 2.04. The molecule has 21 heavy (non-hydrogen) atoms. The van der Waals surface area contributed by atoms with Crippen molar-refractivity contribution in [3.05, 3.63) is 29.8 Å². The lowest BCUT2D eigenvalue weighted by Gasteiger charge is -2.37. The number of nitrogens with one attached hydrogen (secondary N) is 1.